The number of benzene rings is 3. The van der Waals surface area contributed by atoms with Gasteiger partial charge in [-0.3, -0.25) is 9.59 Å². The zero-order valence-electron chi connectivity index (χ0n) is 31.1. The Bertz CT molecular complexity index is 1570. The Morgan fingerprint density at radius 3 is 1.53 bits per heavy atom. The van der Waals surface area contributed by atoms with Crippen LogP contribution in [0.2, 0.25) is 0 Å². The second-order valence-electron chi connectivity index (χ2n) is 13.3. The number of ether oxygens (including phenoxy) is 6. The molecule has 0 aliphatic heterocycles. The van der Waals surface area contributed by atoms with Crippen molar-refractivity contribution in [1.82, 2.24) is 0 Å². The first kappa shape index (κ1) is 42.0. The lowest BCUT2D eigenvalue weighted by molar-refractivity contribution is -0.154. The van der Waals surface area contributed by atoms with Crippen molar-refractivity contribution in [2.45, 2.75) is 104 Å². The van der Waals surface area contributed by atoms with Gasteiger partial charge >= 0.3 is 11.9 Å². The van der Waals surface area contributed by atoms with E-state index in [1.807, 2.05) is 56.3 Å². The van der Waals surface area contributed by atoms with Crippen LogP contribution in [0.3, 0.4) is 0 Å². The monoisotopic (exact) mass is 768 g/mol. The van der Waals surface area contributed by atoms with Gasteiger partial charge in [0, 0.05) is 38.9 Å². The molecule has 0 fully saturated rings. The highest BCUT2D eigenvalue weighted by molar-refractivity contribution is 9.10. The fourth-order valence-corrected chi connectivity index (χ4v) is 5.94. The van der Waals surface area contributed by atoms with Gasteiger partial charge in [0.1, 0.15) is 24.7 Å². The summed E-state index contributed by atoms with van der Waals surface area (Å²) in [7, 11) is 0. The molecule has 2 atom stereocenters. The maximum atomic E-state index is 12.8. The number of hydrogen-bond donors (Lipinski definition) is 0. The minimum Gasteiger partial charge on any atom is -0.488 e. The molecule has 3 rings (SSSR count). The van der Waals surface area contributed by atoms with Crippen molar-refractivity contribution < 1.29 is 38.0 Å². The molecular formula is C42H57BrO8. The van der Waals surface area contributed by atoms with Gasteiger partial charge in [-0.05, 0) is 44.9 Å². The fourth-order valence-electron chi connectivity index (χ4n) is 5.58. The van der Waals surface area contributed by atoms with Crippen molar-refractivity contribution >= 4 is 49.4 Å². The minimum atomic E-state index is -0.614. The fraction of sp³-hybridized carbons (Fsp3) is 0.524. The summed E-state index contributed by atoms with van der Waals surface area (Å²) in [6.45, 7) is 17.2. The summed E-state index contributed by atoms with van der Waals surface area (Å²) in [6.07, 6.45) is 7.42. The summed E-state index contributed by atoms with van der Waals surface area (Å²) in [5.41, 5.74) is 1.76. The predicted molar refractivity (Wildman–Crippen MR) is 209 cm³/mol. The molecule has 0 saturated heterocycles. The molecule has 9 heteroatoms. The summed E-state index contributed by atoms with van der Waals surface area (Å²) in [5.74, 6) is 0.759. The molecule has 8 nitrogen and oxygen atoms in total. The maximum absolute atomic E-state index is 12.8. The van der Waals surface area contributed by atoms with E-state index in [0.29, 0.717) is 37.6 Å². The second-order valence-corrected chi connectivity index (χ2v) is 14.2. The predicted octanol–water partition coefficient (Wildman–Crippen LogP) is 10.5. The molecule has 0 aliphatic carbocycles. The van der Waals surface area contributed by atoms with Crippen LogP contribution < -0.4 is 9.47 Å². The van der Waals surface area contributed by atoms with Crippen molar-refractivity contribution in [3.8, 4) is 11.5 Å². The topological polar surface area (TPSA) is 89.5 Å². The van der Waals surface area contributed by atoms with E-state index in [4.69, 9.17) is 28.4 Å². The van der Waals surface area contributed by atoms with Gasteiger partial charge in [-0.1, -0.05) is 117 Å². The van der Waals surface area contributed by atoms with E-state index in [-0.39, 0.29) is 38.4 Å². The largest absolute Gasteiger partial charge is 0.488 e. The van der Waals surface area contributed by atoms with Crippen molar-refractivity contribution in [3.05, 3.63) is 71.2 Å². The zero-order valence-corrected chi connectivity index (χ0v) is 32.7. The van der Waals surface area contributed by atoms with Gasteiger partial charge < -0.3 is 28.4 Å². The van der Waals surface area contributed by atoms with E-state index >= 15 is 0 Å². The first-order valence-electron chi connectivity index (χ1n) is 18.4. The van der Waals surface area contributed by atoms with Gasteiger partial charge in [-0.25, -0.2) is 0 Å². The van der Waals surface area contributed by atoms with Crippen molar-refractivity contribution in [1.29, 1.82) is 0 Å². The van der Waals surface area contributed by atoms with Crippen LogP contribution in [0.25, 0.3) is 21.5 Å². The van der Waals surface area contributed by atoms with Crippen molar-refractivity contribution in [2.75, 3.05) is 39.6 Å². The lowest BCUT2D eigenvalue weighted by Gasteiger charge is -2.23. The van der Waals surface area contributed by atoms with E-state index in [2.05, 4.69) is 42.9 Å². The molecular weight excluding hydrogens is 712 g/mol. The van der Waals surface area contributed by atoms with Crippen LogP contribution in [0.5, 0.6) is 11.5 Å². The third kappa shape index (κ3) is 15.0. The van der Waals surface area contributed by atoms with E-state index in [0.717, 1.165) is 88.5 Å². The molecule has 0 aliphatic rings. The Morgan fingerprint density at radius 2 is 1.08 bits per heavy atom. The highest BCUT2D eigenvalue weighted by Gasteiger charge is 2.22. The Balaban J connectivity index is 1.89. The minimum absolute atomic E-state index is 0.0963. The average Bonchev–Trinajstić information content (AvgIpc) is 3.09. The molecule has 3 aromatic carbocycles. The third-order valence-corrected chi connectivity index (χ3v) is 8.58. The summed E-state index contributed by atoms with van der Waals surface area (Å²) in [6, 6.07) is 13.8. The van der Waals surface area contributed by atoms with Gasteiger partial charge in [0.15, 0.2) is 12.2 Å². The summed E-state index contributed by atoms with van der Waals surface area (Å²) in [4.78, 5) is 25.6. The number of fused-ring (bicyclic) bond motifs is 2. The molecule has 0 saturated carbocycles. The normalized spacial score (nSPS) is 12.4. The van der Waals surface area contributed by atoms with Gasteiger partial charge in [0.25, 0.3) is 0 Å². The van der Waals surface area contributed by atoms with E-state index < -0.39 is 12.2 Å². The molecule has 0 aromatic heterocycles. The molecule has 0 amide bonds. The molecule has 0 N–H and O–H groups in total. The lowest BCUT2D eigenvalue weighted by atomic mass is 10.0. The van der Waals surface area contributed by atoms with Gasteiger partial charge in [0.2, 0.25) is 0 Å². The number of hydrogen-bond acceptors (Lipinski definition) is 8. The van der Waals surface area contributed by atoms with Crippen LogP contribution in [0.15, 0.2) is 71.2 Å². The van der Waals surface area contributed by atoms with Gasteiger partial charge in [-0.2, -0.15) is 0 Å². The number of esters is 2. The third-order valence-electron chi connectivity index (χ3n) is 8.08. The smallest absolute Gasteiger partial charge is 0.306 e. The maximum Gasteiger partial charge on any atom is 0.306 e. The molecule has 0 heterocycles. The van der Waals surface area contributed by atoms with Crippen LogP contribution in [0.4, 0.5) is 0 Å². The van der Waals surface area contributed by atoms with Gasteiger partial charge in [0.05, 0.1) is 26.4 Å². The Hall–Kier alpha value is -3.40. The van der Waals surface area contributed by atoms with Crippen molar-refractivity contribution in [2.24, 2.45) is 0 Å². The van der Waals surface area contributed by atoms with Gasteiger partial charge in [-0.15, -0.1) is 0 Å². The molecule has 0 bridgehead atoms. The average molecular weight is 770 g/mol. The highest BCUT2D eigenvalue weighted by atomic mass is 79.9. The Morgan fingerprint density at radius 1 is 0.627 bits per heavy atom. The number of carbonyl (C=O) groups is 2. The Labute approximate surface area is 313 Å². The number of rotatable bonds is 26. The number of unbranched alkanes of at least 4 members (excludes halogenated alkanes) is 6. The molecule has 0 spiro atoms. The summed E-state index contributed by atoms with van der Waals surface area (Å²) < 4.78 is 37.4. The molecule has 51 heavy (non-hydrogen) atoms. The quantitative estimate of drug-likeness (QED) is 0.0345. The SMILES string of the molecule is C=C(C)COCC(COc1c2ccccc2c(OCC(COCC(=C)C)OC(=O)CCCCCC)c2cc(Br)ccc12)OC(=O)CCCCCC. The van der Waals surface area contributed by atoms with E-state index in [1.54, 1.807) is 0 Å². The molecule has 2 unspecified atom stereocenters. The van der Waals surface area contributed by atoms with E-state index in [9.17, 15) is 9.59 Å². The summed E-state index contributed by atoms with van der Waals surface area (Å²) >= 11 is 3.64. The first-order valence-corrected chi connectivity index (χ1v) is 19.1. The lowest BCUT2D eigenvalue weighted by Crippen LogP contribution is -2.30. The first-order chi connectivity index (χ1) is 24.6. The summed E-state index contributed by atoms with van der Waals surface area (Å²) in [5, 5.41) is 3.29. The highest BCUT2D eigenvalue weighted by Crippen LogP contribution is 2.44. The zero-order chi connectivity index (χ0) is 37.0. The molecule has 0 radical (unpaired) electrons. The van der Waals surface area contributed by atoms with Crippen LogP contribution in [0, 0.1) is 0 Å². The van der Waals surface area contributed by atoms with Crippen LogP contribution in [-0.2, 0) is 28.5 Å². The van der Waals surface area contributed by atoms with Crippen LogP contribution in [-0.4, -0.2) is 63.8 Å². The second kappa shape index (κ2) is 23.2. The Kier molecular flexibility index (Phi) is 19.1. The van der Waals surface area contributed by atoms with E-state index in [1.165, 1.54) is 0 Å². The van der Waals surface area contributed by atoms with Crippen LogP contribution >= 0.6 is 15.9 Å². The number of halogens is 1. The van der Waals surface area contributed by atoms with Crippen molar-refractivity contribution in [3.63, 3.8) is 0 Å². The van der Waals surface area contributed by atoms with Crippen LogP contribution in [0.1, 0.15) is 91.9 Å². The molecule has 3 aromatic rings. The number of carbonyl (C=O) groups excluding carboxylic acids is 2. The standard InChI is InChI=1S/C42H57BrO8/c1-7-9-11-13-19-39(44)50-33(26-46-24-30(3)4)28-48-41-35-17-15-16-18-36(35)42(38-23-32(43)21-22-37(38)41)49-29-34(27-47-25-31(5)6)51-40(45)20-14-12-10-8-2/h15-18,21-23,33-34H,3,5,7-14,19-20,24-29H2,1-2,4,6H3. The molecule has 280 valence electrons.